The molecule has 0 saturated heterocycles. The van der Waals surface area contributed by atoms with Crippen molar-refractivity contribution < 1.29 is 0 Å². The minimum absolute atomic E-state index is 0.273. The summed E-state index contributed by atoms with van der Waals surface area (Å²) in [6.45, 7) is 4.34. The minimum Gasteiger partial charge on any atom is -0.376 e. The van der Waals surface area contributed by atoms with E-state index in [1.807, 2.05) is 29.7 Å². The second-order valence-electron chi connectivity index (χ2n) is 4.77. The lowest BCUT2D eigenvalue weighted by molar-refractivity contribution is 0.842. The zero-order valence-electron chi connectivity index (χ0n) is 12.0. The van der Waals surface area contributed by atoms with Crippen LogP contribution in [0.1, 0.15) is 29.6 Å². The van der Waals surface area contributed by atoms with Crippen molar-refractivity contribution in [2.24, 2.45) is 0 Å². The Morgan fingerprint density at radius 1 is 1.29 bits per heavy atom. The molecular formula is C15H17N5S. The summed E-state index contributed by atoms with van der Waals surface area (Å²) in [6.07, 6.45) is 6.04. The minimum atomic E-state index is 0.273. The van der Waals surface area contributed by atoms with E-state index >= 15 is 0 Å². The molecule has 0 saturated carbocycles. The van der Waals surface area contributed by atoms with E-state index in [2.05, 4.69) is 46.4 Å². The largest absolute Gasteiger partial charge is 0.376 e. The van der Waals surface area contributed by atoms with E-state index in [9.17, 15) is 0 Å². The first-order valence-corrected chi connectivity index (χ1v) is 7.74. The molecule has 3 heterocycles. The summed E-state index contributed by atoms with van der Waals surface area (Å²) >= 11 is 1.86. The van der Waals surface area contributed by atoms with Gasteiger partial charge in [0.25, 0.3) is 0 Å². The maximum atomic E-state index is 4.39. The van der Waals surface area contributed by atoms with Crippen molar-refractivity contribution in [1.82, 2.24) is 19.7 Å². The van der Waals surface area contributed by atoms with Gasteiger partial charge < -0.3 is 5.32 Å². The van der Waals surface area contributed by atoms with Crippen LogP contribution in [0.5, 0.6) is 0 Å². The van der Waals surface area contributed by atoms with Crippen LogP contribution in [0.3, 0.4) is 0 Å². The van der Waals surface area contributed by atoms with Gasteiger partial charge in [0.15, 0.2) is 5.82 Å². The summed E-state index contributed by atoms with van der Waals surface area (Å²) in [5.74, 6) is 0.759. The third kappa shape index (κ3) is 3.11. The summed E-state index contributed by atoms with van der Waals surface area (Å²) in [4.78, 5) is 11.1. The summed E-state index contributed by atoms with van der Waals surface area (Å²) in [5, 5.41) is 7.53. The molecule has 1 unspecified atom stereocenters. The number of aryl methyl sites for hydroxylation is 1. The molecule has 6 heteroatoms. The number of hydrogen-bond donors (Lipinski definition) is 1. The van der Waals surface area contributed by atoms with E-state index in [0.717, 1.165) is 17.9 Å². The molecule has 3 aromatic rings. The number of pyridine rings is 1. The van der Waals surface area contributed by atoms with Crippen LogP contribution in [0.4, 0.5) is 5.69 Å². The van der Waals surface area contributed by atoms with Gasteiger partial charge >= 0.3 is 0 Å². The number of aromatic nitrogens is 4. The summed E-state index contributed by atoms with van der Waals surface area (Å²) in [7, 11) is 0. The molecule has 0 aromatic carbocycles. The molecular weight excluding hydrogens is 282 g/mol. The van der Waals surface area contributed by atoms with E-state index in [-0.39, 0.29) is 6.04 Å². The van der Waals surface area contributed by atoms with Gasteiger partial charge in [-0.3, -0.25) is 0 Å². The van der Waals surface area contributed by atoms with Crippen molar-refractivity contribution in [2.75, 3.05) is 5.32 Å². The zero-order chi connectivity index (χ0) is 14.7. The second-order valence-corrected chi connectivity index (χ2v) is 5.97. The zero-order valence-corrected chi connectivity index (χ0v) is 12.8. The summed E-state index contributed by atoms with van der Waals surface area (Å²) in [5.41, 5.74) is 0.998. The van der Waals surface area contributed by atoms with Crippen molar-refractivity contribution in [3.8, 4) is 5.82 Å². The predicted molar refractivity (Wildman–Crippen MR) is 84.9 cm³/mol. The third-order valence-electron chi connectivity index (χ3n) is 3.24. The molecule has 3 rings (SSSR count). The Kier molecular flexibility index (Phi) is 3.96. The van der Waals surface area contributed by atoms with Crippen molar-refractivity contribution in [3.63, 3.8) is 0 Å². The SMILES string of the molecule is CCc1ccc(C(C)Nc2ccc(-n3cncn3)nc2)s1. The van der Waals surface area contributed by atoms with Gasteiger partial charge in [-0.2, -0.15) is 5.10 Å². The van der Waals surface area contributed by atoms with Gasteiger partial charge in [0.2, 0.25) is 0 Å². The van der Waals surface area contributed by atoms with Crippen molar-refractivity contribution in [1.29, 1.82) is 0 Å². The Morgan fingerprint density at radius 3 is 2.81 bits per heavy atom. The summed E-state index contributed by atoms with van der Waals surface area (Å²) < 4.78 is 1.64. The van der Waals surface area contributed by atoms with Crippen LogP contribution in [0, 0.1) is 0 Å². The maximum Gasteiger partial charge on any atom is 0.155 e. The topological polar surface area (TPSA) is 55.6 Å². The van der Waals surface area contributed by atoms with Gasteiger partial charge in [-0.15, -0.1) is 11.3 Å². The Morgan fingerprint density at radius 2 is 2.19 bits per heavy atom. The van der Waals surface area contributed by atoms with Crippen LogP contribution in [-0.2, 0) is 6.42 Å². The molecule has 0 aliphatic rings. The van der Waals surface area contributed by atoms with Crippen LogP contribution in [-0.4, -0.2) is 19.7 Å². The Hall–Kier alpha value is -2.21. The normalized spacial score (nSPS) is 12.3. The smallest absolute Gasteiger partial charge is 0.155 e. The van der Waals surface area contributed by atoms with Gasteiger partial charge in [0.1, 0.15) is 12.7 Å². The van der Waals surface area contributed by atoms with Gasteiger partial charge in [0.05, 0.1) is 17.9 Å². The third-order valence-corrected chi connectivity index (χ3v) is 4.65. The Labute approximate surface area is 127 Å². The fraction of sp³-hybridized carbons (Fsp3) is 0.267. The Bertz CT molecular complexity index is 687. The number of anilines is 1. The van der Waals surface area contributed by atoms with Crippen molar-refractivity contribution >= 4 is 17.0 Å². The molecule has 0 amide bonds. The second kappa shape index (κ2) is 6.05. The lowest BCUT2D eigenvalue weighted by Gasteiger charge is -2.13. The highest BCUT2D eigenvalue weighted by molar-refractivity contribution is 7.12. The van der Waals surface area contributed by atoms with E-state index in [1.54, 1.807) is 11.0 Å². The molecule has 5 nitrogen and oxygen atoms in total. The number of nitrogens with zero attached hydrogens (tertiary/aromatic N) is 4. The van der Waals surface area contributed by atoms with Crippen LogP contribution in [0.25, 0.3) is 5.82 Å². The molecule has 21 heavy (non-hydrogen) atoms. The lowest BCUT2D eigenvalue weighted by atomic mass is 10.2. The van der Waals surface area contributed by atoms with E-state index in [0.29, 0.717) is 0 Å². The molecule has 0 fully saturated rings. The monoisotopic (exact) mass is 299 g/mol. The first-order valence-electron chi connectivity index (χ1n) is 6.92. The highest BCUT2D eigenvalue weighted by atomic mass is 32.1. The first-order chi connectivity index (χ1) is 10.3. The molecule has 0 bridgehead atoms. The lowest BCUT2D eigenvalue weighted by Crippen LogP contribution is -2.06. The van der Waals surface area contributed by atoms with E-state index in [4.69, 9.17) is 0 Å². The maximum absolute atomic E-state index is 4.39. The standard InChI is InChI=1S/C15H17N5S/c1-3-13-5-6-14(21-13)11(2)19-12-4-7-15(17-8-12)20-10-16-9-18-20/h4-11,19H,3H2,1-2H3. The Balaban J connectivity index is 1.70. The number of hydrogen-bond acceptors (Lipinski definition) is 5. The van der Waals surface area contributed by atoms with Crippen LogP contribution < -0.4 is 5.32 Å². The van der Waals surface area contributed by atoms with Gasteiger partial charge in [0, 0.05) is 9.75 Å². The average Bonchev–Trinajstić information content (AvgIpc) is 3.19. The molecule has 1 N–H and O–H groups in total. The summed E-state index contributed by atoms with van der Waals surface area (Å²) in [6, 6.07) is 8.60. The van der Waals surface area contributed by atoms with Crippen LogP contribution in [0.15, 0.2) is 43.1 Å². The molecule has 0 radical (unpaired) electrons. The van der Waals surface area contributed by atoms with Gasteiger partial charge in [-0.05, 0) is 37.6 Å². The number of rotatable bonds is 5. The van der Waals surface area contributed by atoms with Crippen molar-refractivity contribution in [3.05, 3.63) is 52.9 Å². The molecule has 0 aliphatic carbocycles. The molecule has 108 valence electrons. The van der Waals surface area contributed by atoms with Gasteiger partial charge in [-0.25, -0.2) is 14.6 Å². The van der Waals surface area contributed by atoms with E-state index in [1.165, 1.54) is 16.1 Å². The highest BCUT2D eigenvalue weighted by Gasteiger charge is 2.08. The number of thiophene rings is 1. The molecule has 0 aliphatic heterocycles. The average molecular weight is 299 g/mol. The highest BCUT2D eigenvalue weighted by Crippen LogP contribution is 2.26. The van der Waals surface area contributed by atoms with Gasteiger partial charge in [-0.1, -0.05) is 6.92 Å². The first kappa shape index (κ1) is 13.8. The van der Waals surface area contributed by atoms with Crippen molar-refractivity contribution in [2.45, 2.75) is 26.3 Å². The van der Waals surface area contributed by atoms with E-state index < -0.39 is 0 Å². The fourth-order valence-corrected chi connectivity index (χ4v) is 3.03. The molecule has 1 atom stereocenters. The predicted octanol–water partition coefficient (Wildman–Crippen LogP) is 3.46. The quantitative estimate of drug-likeness (QED) is 0.784. The fourth-order valence-electron chi connectivity index (χ4n) is 2.07. The molecule has 3 aromatic heterocycles. The number of nitrogens with one attached hydrogen (secondary N) is 1. The molecule has 0 spiro atoms. The van der Waals surface area contributed by atoms with Crippen LogP contribution in [0.2, 0.25) is 0 Å². The van der Waals surface area contributed by atoms with Crippen LogP contribution >= 0.6 is 11.3 Å².